The minimum absolute atomic E-state index is 0.140. The lowest BCUT2D eigenvalue weighted by Gasteiger charge is -2.15. The van der Waals surface area contributed by atoms with Crippen LogP contribution in [0.2, 0.25) is 0 Å². The van der Waals surface area contributed by atoms with Gasteiger partial charge in [-0.05, 0) is 94.5 Å². The van der Waals surface area contributed by atoms with Crippen LogP contribution in [0.4, 0.5) is 4.79 Å². The highest BCUT2D eigenvalue weighted by molar-refractivity contribution is 9.10. The molecule has 1 aliphatic heterocycles. The van der Waals surface area contributed by atoms with Crippen molar-refractivity contribution in [1.82, 2.24) is 4.90 Å². The largest absolute Gasteiger partial charge is 0.490 e. The zero-order valence-electron chi connectivity index (χ0n) is 20.7. The lowest BCUT2D eigenvalue weighted by atomic mass is 10.1. The van der Waals surface area contributed by atoms with E-state index >= 15 is 0 Å². The third kappa shape index (κ3) is 6.85. The minimum atomic E-state index is -1.01. The Morgan fingerprint density at radius 3 is 2.53 bits per heavy atom. The summed E-state index contributed by atoms with van der Waals surface area (Å²) in [5.41, 5.74) is 2.72. The average Bonchev–Trinajstić information content (AvgIpc) is 3.16. The number of carbonyl (C=O) groups is 3. The van der Waals surface area contributed by atoms with Gasteiger partial charge < -0.3 is 14.6 Å². The molecule has 0 aliphatic carbocycles. The normalized spacial score (nSPS) is 14.3. The van der Waals surface area contributed by atoms with Gasteiger partial charge in [-0.15, -0.1) is 0 Å². The molecule has 1 N–H and O–H groups in total. The molecule has 2 amide bonds. The van der Waals surface area contributed by atoms with Crippen molar-refractivity contribution >= 4 is 50.9 Å². The summed E-state index contributed by atoms with van der Waals surface area (Å²) in [6.45, 7) is 2.74. The number of carbonyl (C=O) groups excluding carboxylic acids is 2. The molecule has 0 saturated carbocycles. The number of rotatable bonds is 11. The van der Waals surface area contributed by atoms with Gasteiger partial charge in [0.15, 0.2) is 11.5 Å². The molecule has 196 valence electrons. The standard InChI is InChI=1S/C29H26BrNO6S/c1-2-36-24-16-21(15-23(30)26(24)37-18-20-10-6-12-22(14-20)28(33)34)17-25-27(32)31(29(35)38-25)13-7-11-19-8-4-3-5-9-19/h3-6,8-10,12,14-17H,2,7,11,13,18H2,1H3,(H,33,34)/b25-17+. The van der Waals surface area contributed by atoms with Gasteiger partial charge in [0.1, 0.15) is 6.61 Å². The number of amides is 2. The van der Waals surface area contributed by atoms with E-state index in [4.69, 9.17) is 9.47 Å². The Bertz CT molecular complexity index is 1370. The van der Waals surface area contributed by atoms with Crippen LogP contribution in [0.25, 0.3) is 6.08 Å². The summed E-state index contributed by atoms with van der Waals surface area (Å²) in [7, 11) is 0. The third-order valence-electron chi connectivity index (χ3n) is 5.75. The van der Waals surface area contributed by atoms with Gasteiger partial charge in [0.2, 0.25) is 0 Å². The molecule has 0 radical (unpaired) electrons. The van der Waals surface area contributed by atoms with E-state index in [1.165, 1.54) is 16.5 Å². The Kier molecular flexibility index (Phi) is 9.25. The van der Waals surface area contributed by atoms with E-state index in [0.717, 1.165) is 18.2 Å². The lowest BCUT2D eigenvalue weighted by molar-refractivity contribution is -0.122. The highest BCUT2D eigenvalue weighted by Gasteiger charge is 2.34. The fraction of sp³-hybridized carbons (Fsp3) is 0.207. The molecule has 1 saturated heterocycles. The second-order valence-electron chi connectivity index (χ2n) is 8.48. The van der Waals surface area contributed by atoms with Crippen molar-refractivity contribution in [2.45, 2.75) is 26.4 Å². The van der Waals surface area contributed by atoms with Crippen molar-refractivity contribution in [2.24, 2.45) is 0 Å². The number of aryl methyl sites for hydroxylation is 1. The SMILES string of the molecule is CCOc1cc(/C=C2/SC(=O)N(CCCc3ccccc3)C2=O)cc(Br)c1OCc1cccc(C(=O)O)c1. The van der Waals surface area contributed by atoms with E-state index in [0.29, 0.717) is 51.6 Å². The van der Waals surface area contributed by atoms with E-state index < -0.39 is 5.97 Å². The van der Waals surface area contributed by atoms with Gasteiger partial charge in [0.05, 0.1) is 21.5 Å². The van der Waals surface area contributed by atoms with E-state index in [2.05, 4.69) is 15.9 Å². The van der Waals surface area contributed by atoms with Crippen LogP contribution in [0.1, 0.15) is 40.4 Å². The summed E-state index contributed by atoms with van der Waals surface area (Å²) in [5.74, 6) is -0.392. The van der Waals surface area contributed by atoms with Gasteiger partial charge >= 0.3 is 5.97 Å². The summed E-state index contributed by atoms with van der Waals surface area (Å²) in [5, 5.41) is 8.94. The first-order valence-corrected chi connectivity index (χ1v) is 13.7. The predicted octanol–water partition coefficient (Wildman–Crippen LogP) is 6.79. The molecule has 7 nitrogen and oxygen atoms in total. The second kappa shape index (κ2) is 12.8. The number of benzene rings is 3. The molecule has 0 unspecified atom stereocenters. The number of hydrogen-bond donors (Lipinski definition) is 1. The van der Waals surface area contributed by atoms with Gasteiger partial charge in [-0.1, -0.05) is 42.5 Å². The molecule has 0 atom stereocenters. The van der Waals surface area contributed by atoms with Gasteiger partial charge in [-0.3, -0.25) is 14.5 Å². The lowest BCUT2D eigenvalue weighted by Crippen LogP contribution is -2.29. The first-order valence-electron chi connectivity index (χ1n) is 12.1. The van der Waals surface area contributed by atoms with Crippen molar-refractivity contribution in [1.29, 1.82) is 0 Å². The number of carboxylic acids is 1. The fourth-order valence-electron chi connectivity index (χ4n) is 3.95. The zero-order chi connectivity index (χ0) is 27.1. The summed E-state index contributed by atoms with van der Waals surface area (Å²) >= 11 is 4.45. The van der Waals surface area contributed by atoms with Gasteiger partial charge in [-0.2, -0.15) is 0 Å². The molecule has 4 rings (SSSR count). The smallest absolute Gasteiger partial charge is 0.335 e. The molecule has 0 bridgehead atoms. The van der Waals surface area contributed by atoms with Crippen LogP contribution >= 0.6 is 27.7 Å². The van der Waals surface area contributed by atoms with Crippen molar-refractivity contribution < 1.29 is 29.0 Å². The molecule has 3 aromatic carbocycles. The Labute approximate surface area is 233 Å². The molecule has 1 heterocycles. The Balaban J connectivity index is 1.47. The number of hydrogen-bond acceptors (Lipinski definition) is 6. The Morgan fingerprint density at radius 1 is 1.03 bits per heavy atom. The maximum Gasteiger partial charge on any atom is 0.335 e. The van der Waals surface area contributed by atoms with E-state index in [-0.39, 0.29) is 23.3 Å². The maximum atomic E-state index is 13.0. The summed E-state index contributed by atoms with van der Waals surface area (Å²) in [6.07, 6.45) is 3.15. The van der Waals surface area contributed by atoms with Gasteiger partial charge in [0, 0.05) is 6.54 Å². The van der Waals surface area contributed by atoms with Crippen LogP contribution in [0.3, 0.4) is 0 Å². The van der Waals surface area contributed by atoms with E-state index in [1.807, 2.05) is 37.3 Å². The Morgan fingerprint density at radius 2 is 1.79 bits per heavy atom. The van der Waals surface area contributed by atoms with Crippen LogP contribution in [-0.4, -0.2) is 40.3 Å². The number of aromatic carboxylic acids is 1. The quantitative estimate of drug-likeness (QED) is 0.244. The summed E-state index contributed by atoms with van der Waals surface area (Å²) in [4.78, 5) is 38.4. The van der Waals surface area contributed by atoms with E-state index in [9.17, 15) is 19.5 Å². The van der Waals surface area contributed by atoms with Gasteiger partial charge in [-0.25, -0.2) is 4.79 Å². The first-order chi connectivity index (χ1) is 18.4. The Hall–Kier alpha value is -3.56. The number of nitrogens with zero attached hydrogens (tertiary/aromatic N) is 1. The summed E-state index contributed by atoms with van der Waals surface area (Å²) < 4.78 is 12.4. The summed E-state index contributed by atoms with van der Waals surface area (Å²) in [6, 6.07) is 20.0. The van der Waals surface area contributed by atoms with Crippen molar-refractivity contribution in [2.75, 3.05) is 13.2 Å². The number of thioether (sulfide) groups is 1. The van der Waals surface area contributed by atoms with Crippen LogP contribution in [0, 0.1) is 0 Å². The molecular weight excluding hydrogens is 570 g/mol. The number of carboxylic acid groups (broad SMARTS) is 1. The zero-order valence-corrected chi connectivity index (χ0v) is 23.1. The van der Waals surface area contributed by atoms with Crippen molar-refractivity contribution in [3.63, 3.8) is 0 Å². The topological polar surface area (TPSA) is 93.1 Å². The van der Waals surface area contributed by atoms with Crippen LogP contribution in [-0.2, 0) is 17.8 Å². The molecule has 1 fully saturated rings. The molecule has 0 aromatic heterocycles. The molecule has 0 spiro atoms. The predicted molar refractivity (Wildman–Crippen MR) is 150 cm³/mol. The highest BCUT2D eigenvalue weighted by Crippen LogP contribution is 2.39. The number of halogens is 1. The molecule has 38 heavy (non-hydrogen) atoms. The van der Waals surface area contributed by atoms with Crippen LogP contribution in [0.15, 0.2) is 76.1 Å². The maximum absolute atomic E-state index is 13.0. The fourth-order valence-corrected chi connectivity index (χ4v) is 5.39. The first kappa shape index (κ1) is 27.5. The molecule has 9 heteroatoms. The van der Waals surface area contributed by atoms with Crippen LogP contribution < -0.4 is 9.47 Å². The number of ether oxygens (including phenoxy) is 2. The average molecular weight is 596 g/mol. The van der Waals surface area contributed by atoms with Gasteiger partial charge in [0.25, 0.3) is 11.1 Å². The third-order valence-corrected chi connectivity index (χ3v) is 7.25. The monoisotopic (exact) mass is 595 g/mol. The minimum Gasteiger partial charge on any atom is -0.490 e. The molecule has 1 aliphatic rings. The van der Waals surface area contributed by atoms with Crippen molar-refractivity contribution in [3.05, 3.63) is 98.4 Å². The van der Waals surface area contributed by atoms with E-state index in [1.54, 1.807) is 36.4 Å². The molecular formula is C29H26BrNO6S. The highest BCUT2D eigenvalue weighted by atomic mass is 79.9. The van der Waals surface area contributed by atoms with Crippen LogP contribution in [0.5, 0.6) is 11.5 Å². The molecule has 3 aromatic rings. The second-order valence-corrected chi connectivity index (χ2v) is 10.3. The van der Waals surface area contributed by atoms with Crippen molar-refractivity contribution in [3.8, 4) is 11.5 Å². The number of imide groups is 1.